The molecular formula is C27H28N4O4. The van der Waals surface area contributed by atoms with Crippen molar-refractivity contribution in [2.45, 2.75) is 20.4 Å². The van der Waals surface area contributed by atoms with Gasteiger partial charge in [0.05, 0.1) is 0 Å². The summed E-state index contributed by atoms with van der Waals surface area (Å²) >= 11 is 0. The van der Waals surface area contributed by atoms with Crippen LogP contribution < -0.4 is 16.4 Å². The van der Waals surface area contributed by atoms with E-state index in [9.17, 15) is 14.4 Å². The van der Waals surface area contributed by atoms with Gasteiger partial charge < -0.3 is 21.6 Å². The van der Waals surface area contributed by atoms with Gasteiger partial charge in [-0.25, -0.2) is 0 Å². The molecule has 0 aliphatic rings. The summed E-state index contributed by atoms with van der Waals surface area (Å²) in [5.74, 6) is -1.81. The highest BCUT2D eigenvalue weighted by Crippen LogP contribution is 2.22. The Morgan fingerprint density at radius 2 is 1.63 bits per heavy atom. The molecule has 180 valence electrons. The number of nitrogens with one attached hydrogen (secondary N) is 1. The second-order valence-corrected chi connectivity index (χ2v) is 8.02. The van der Waals surface area contributed by atoms with Crippen LogP contribution in [0.15, 0.2) is 72.8 Å². The summed E-state index contributed by atoms with van der Waals surface area (Å²) in [4.78, 5) is 39.0. The van der Waals surface area contributed by atoms with Gasteiger partial charge in [0.25, 0.3) is 5.91 Å². The number of aromatic amines is 1. The first-order valence-electron chi connectivity index (χ1n) is 11.0. The number of primary amides is 1. The summed E-state index contributed by atoms with van der Waals surface area (Å²) in [5.41, 5.74) is 16.5. The number of hydrogen-bond acceptors (Lipinski definition) is 4. The monoisotopic (exact) mass is 472 g/mol. The van der Waals surface area contributed by atoms with E-state index in [2.05, 4.69) is 4.98 Å². The van der Waals surface area contributed by atoms with Crippen molar-refractivity contribution in [3.8, 4) is 0 Å². The van der Waals surface area contributed by atoms with E-state index in [1.807, 2.05) is 32.0 Å². The number of benzene rings is 3. The molecule has 0 saturated heterocycles. The van der Waals surface area contributed by atoms with E-state index in [0.717, 1.165) is 22.2 Å². The number of carbonyl (C=O) groups excluding carboxylic acids is 2. The number of H-pyrrole nitrogens is 1. The van der Waals surface area contributed by atoms with Gasteiger partial charge in [0.15, 0.2) is 0 Å². The van der Waals surface area contributed by atoms with E-state index in [1.54, 1.807) is 54.6 Å². The van der Waals surface area contributed by atoms with Crippen LogP contribution in [0.3, 0.4) is 0 Å². The number of rotatable bonds is 6. The third-order valence-electron chi connectivity index (χ3n) is 5.61. The van der Waals surface area contributed by atoms with Crippen molar-refractivity contribution in [3.63, 3.8) is 0 Å². The van der Waals surface area contributed by atoms with Crippen molar-refractivity contribution in [2.75, 3.05) is 11.4 Å². The number of aryl methyl sites for hydroxylation is 2. The van der Waals surface area contributed by atoms with E-state index in [-0.39, 0.29) is 11.8 Å². The lowest BCUT2D eigenvalue weighted by Gasteiger charge is -2.21. The fourth-order valence-electron chi connectivity index (χ4n) is 3.62. The number of carboxylic acid groups (broad SMARTS) is 1. The molecule has 3 aromatic carbocycles. The Balaban J connectivity index is 0.000000211. The number of carbonyl (C=O) groups is 3. The average molecular weight is 473 g/mol. The number of amides is 2. The number of aliphatic carboxylic acids is 1. The zero-order valence-electron chi connectivity index (χ0n) is 19.6. The SMILES string of the molecule is Cc1[nH]c2ccc(C(N)=O)cc2c1C.NCc1cccc(N(CC(=O)O)C(=O)c2ccccc2)c1. The second-order valence-electron chi connectivity index (χ2n) is 8.02. The molecule has 0 saturated carbocycles. The first-order chi connectivity index (χ1) is 16.7. The Hall–Kier alpha value is -4.43. The van der Waals surface area contributed by atoms with E-state index < -0.39 is 12.5 Å². The molecular weight excluding hydrogens is 444 g/mol. The summed E-state index contributed by atoms with van der Waals surface area (Å²) in [7, 11) is 0. The van der Waals surface area contributed by atoms with Crippen LogP contribution in [0.1, 0.15) is 37.5 Å². The fourth-order valence-corrected chi connectivity index (χ4v) is 3.62. The van der Waals surface area contributed by atoms with Crippen LogP contribution in [0.25, 0.3) is 10.9 Å². The van der Waals surface area contributed by atoms with Crippen molar-refractivity contribution >= 4 is 34.4 Å². The average Bonchev–Trinajstić information content (AvgIpc) is 3.15. The van der Waals surface area contributed by atoms with Crippen LogP contribution in [-0.2, 0) is 11.3 Å². The molecule has 0 bridgehead atoms. The van der Waals surface area contributed by atoms with Gasteiger partial charge in [-0.05, 0) is 67.4 Å². The number of hydrogen-bond donors (Lipinski definition) is 4. The zero-order valence-corrected chi connectivity index (χ0v) is 19.6. The van der Waals surface area contributed by atoms with E-state index in [4.69, 9.17) is 16.6 Å². The number of aromatic nitrogens is 1. The van der Waals surface area contributed by atoms with E-state index in [0.29, 0.717) is 23.4 Å². The summed E-state index contributed by atoms with van der Waals surface area (Å²) in [5, 5.41) is 10.1. The number of carboxylic acids is 1. The molecule has 1 aromatic heterocycles. The summed E-state index contributed by atoms with van der Waals surface area (Å²) in [6.07, 6.45) is 0. The normalized spacial score (nSPS) is 10.4. The smallest absolute Gasteiger partial charge is 0.323 e. The zero-order chi connectivity index (χ0) is 25.5. The van der Waals surface area contributed by atoms with Crippen molar-refractivity contribution in [1.82, 2.24) is 4.98 Å². The van der Waals surface area contributed by atoms with Gasteiger partial charge >= 0.3 is 5.97 Å². The predicted molar refractivity (Wildman–Crippen MR) is 136 cm³/mol. The molecule has 4 rings (SSSR count). The Labute approximate surface area is 203 Å². The Morgan fingerprint density at radius 3 is 2.26 bits per heavy atom. The van der Waals surface area contributed by atoms with Gasteiger partial charge in [-0.3, -0.25) is 19.3 Å². The minimum Gasteiger partial charge on any atom is -0.480 e. The van der Waals surface area contributed by atoms with E-state index in [1.165, 1.54) is 10.5 Å². The highest BCUT2D eigenvalue weighted by atomic mass is 16.4. The lowest BCUT2D eigenvalue weighted by atomic mass is 10.1. The molecule has 0 atom stereocenters. The van der Waals surface area contributed by atoms with Gasteiger partial charge in [-0.15, -0.1) is 0 Å². The Morgan fingerprint density at radius 1 is 0.914 bits per heavy atom. The third-order valence-corrected chi connectivity index (χ3v) is 5.61. The Kier molecular flexibility index (Phi) is 8.01. The van der Waals surface area contributed by atoms with Crippen molar-refractivity contribution in [1.29, 1.82) is 0 Å². The number of nitrogens with zero attached hydrogens (tertiary/aromatic N) is 1. The minimum absolute atomic E-state index is 0.328. The number of anilines is 1. The first-order valence-corrected chi connectivity index (χ1v) is 11.0. The lowest BCUT2D eigenvalue weighted by molar-refractivity contribution is -0.135. The van der Waals surface area contributed by atoms with E-state index >= 15 is 0 Å². The van der Waals surface area contributed by atoms with Crippen LogP contribution >= 0.6 is 0 Å². The molecule has 0 spiro atoms. The summed E-state index contributed by atoms with van der Waals surface area (Å²) in [6.45, 7) is 3.97. The van der Waals surface area contributed by atoms with Crippen molar-refractivity contribution < 1.29 is 19.5 Å². The molecule has 0 radical (unpaired) electrons. The van der Waals surface area contributed by atoms with Crippen LogP contribution in [0.4, 0.5) is 5.69 Å². The molecule has 0 aliphatic carbocycles. The molecule has 6 N–H and O–H groups in total. The van der Waals surface area contributed by atoms with Gasteiger partial charge in [0.2, 0.25) is 5.91 Å². The maximum atomic E-state index is 12.5. The third kappa shape index (κ3) is 6.13. The van der Waals surface area contributed by atoms with Crippen molar-refractivity contribution in [2.24, 2.45) is 11.5 Å². The van der Waals surface area contributed by atoms with Gasteiger partial charge in [0.1, 0.15) is 6.54 Å². The maximum absolute atomic E-state index is 12.5. The molecule has 8 heteroatoms. The molecule has 0 fully saturated rings. The number of fused-ring (bicyclic) bond motifs is 1. The van der Waals surface area contributed by atoms with Crippen LogP contribution in [0.5, 0.6) is 0 Å². The van der Waals surface area contributed by atoms with Crippen molar-refractivity contribution in [3.05, 3.63) is 101 Å². The van der Waals surface area contributed by atoms with Crippen LogP contribution in [-0.4, -0.2) is 34.4 Å². The molecule has 2 amide bonds. The second kappa shape index (κ2) is 11.1. The fraction of sp³-hybridized carbons (Fsp3) is 0.148. The van der Waals surface area contributed by atoms with Gasteiger partial charge in [-0.2, -0.15) is 0 Å². The molecule has 0 unspecified atom stereocenters. The van der Waals surface area contributed by atoms with Crippen LogP contribution in [0.2, 0.25) is 0 Å². The standard InChI is InChI=1S/C16H16N2O3.C11H12N2O/c17-10-12-5-4-8-14(9-12)18(11-15(19)20)16(21)13-6-2-1-3-7-13;1-6-7(2)13-10-4-3-8(11(12)14)5-9(6)10/h1-9H,10-11,17H2,(H,19,20);3-5,13H,1-2H3,(H2,12,14). The van der Waals surface area contributed by atoms with Gasteiger partial charge in [-0.1, -0.05) is 30.3 Å². The largest absolute Gasteiger partial charge is 0.480 e. The quantitative estimate of drug-likeness (QED) is 0.338. The van der Waals surface area contributed by atoms with Gasteiger partial charge in [0, 0.05) is 40.0 Å². The Bertz CT molecular complexity index is 1360. The highest BCUT2D eigenvalue weighted by Gasteiger charge is 2.20. The lowest BCUT2D eigenvalue weighted by Crippen LogP contribution is -2.35. The summed E-state index contributed by atoms with van der Waals surface area (Å²) < 4.78 is 0. The summed E-state index contributed by atoms with van der Waals surface area (Å²) in [6, 6.07) is 21.0. The number of nitrogens with two attached hydrogens (primary N) is 2. The molecule has 35 heavy (non-hydrogen) atoms. The first kappa shape index (κ1) is 25.2. The minimum atomic E-state index is -1.07. The predicted octanol–water partition coefficient (Wildman–Crippen LogP) is 3.76. The molecule has 8 nitrogen and oxygen atoms in total. The topological polar surface area (TPSA) is 143 Å². The maximum Gasteiger partial charge on any atom is 0.323 e. The van der Waals surface area contributed by atoms with Crippen LogP contribution in [0, 0.1) is 13.8 Å². The highest BCUT2D eigenvalue weighted by molar-refractivity contribution is 6.08. The molecule has 0 aliphatic heterocycles. The molecule has 1 heterocycles. The molecule has 4 aromatic rings.